The topological polar surface area (TPSA) is 56.5 Å². The van der Waals surface area contributed by atoms with Gasteiger partial charge in [0.05, 0.1) is 45.0 Å². The van der Waals surface area contributed by atoms with E-state index in [2.05, 4.69) is 154 Å². The summed E-state index contributed by atoms with van der Waals surface area (Å²) in [4.78, 5) is 19.4. The minimum Gasteiger partial charge on any atom is -0.308 e. The first kappa shape index (κ1) is 30.6. The van der Waals surface area contributed by atoms with Gasteiger partial charge in [-0.15, -0.1) is 0 Å². The standard InChI is InChI=1S/C48H31N5/c1-2-12-37(13-3-1)53-45-19-7-5-15-39(45)46-47(52-40-16-6-4-14-38(40)48(46)53)35-26-24-33(25-27-35)32-20-22-34(23-21-32)36-30-43(41-17-8-10-28-49-41)51-44(31-36)42-18-9-11-29-50-42/h1-31H. The van der Waals surface area contributed by atoms with E-state index in [-0.39, 0.29) is 0 Å². The van der Waals surface area contributed by atoms with Gasteiger partial charge in [-0.05, 0) is 82.9 Å². The molecular weight excluding hydrogens is 647 g/mol. The summed E-state index contributed by atoms with van der Waals surface area (Å²) in [5.74, 6) is 0. The quantitative estimate of drug-likeness (QED) is 0.176. The molecule has 0 atom stereocenters. The fourth-order valence-corrected chi connectivity index (χ4v) is 7.40. The van der Waals surface area contributed by atoms with Gasteiger partial charge in [-0.3, -0.25) is 9.97 Å². The zero-order valence-corrected chi connectivity index (χ0v) is 28.6. The molecule has 0 radical (unpaired) electrons. The van der Waals surface area contributed by atoms with Gasteiger partial charge in [-0.1, -0.05) is 115 Å². The Morgan fingerprint density at radius 1 is 0.377 bits per heavy atom. The van der Waals surface area contributed by atoms with Crippen LogP contribution in [0.3, 0.4) is 0 Å². The van der Waals surface area contributed by atoms with Crippen molar-refractivity contribution in [3.8, 4) is 62.0 Å². The number of hydrogen-bond acceptors (Lipinski definition) is 4. The molecule has 0 amide bonds. The predicted molar refractivity (Wildman–Crippen MR) is 217 cm³/mol. The number of nitrogens with zero attached hydrogens (tertiary/aromatic N) is 5. The molecule has 10 aromatic rings. The SMILES string of the molecule is c1ccc(-n2c3ccccc3c3c(-c4ccc(-c5ccc(-c6cc(-c7ccccn7)nc(-c7ccccn7)c6)cc5)cc4)nc4ccccc4c32)cc1. The highest BCUT2D eigenvalue weighted by molar-refractivity contribution is 6.22. The summed E-state index contributed by atoms with van der Waals surface area (Å²) in [5.41, 5.74) is 14.2. The number of aromatic nitrogens is 5. The molecule has 0 saturated carbocycles. The van der Waals surface area contributed by atoms with Crippen molar-refractivity contribution in [2.45, 2.75) is 0 Å². The second kappa shape index (κ2) is 12.8. The van der Waals surface area contributed by atoms with Crippen LogP contribution < -0.4 is 0 Å². The highest BCUT2D eigenvalue weighted by atomic mass is 15.0. The van der Waals surface area contributed by atoms with Gasteiger partial charge in [0.2, 0.25) is 0 Å². The lowest BCUT2D eigenvalue weighted by atomic mass is 9.97. The largest absolute Gasteiger partial charge is 0.308 e. The lowest BCUT2D eigenvalue weighted by Gasteiger charge is -2.12. The normalized spacial score (nSPS) is 11.4. The number of pyridine rings is 4. The molecule has 53 heavy (non-hydrogen) atoms. The molecule has 0 spiro atoms. The lowest BCUT2D eigenvalue weighted by Crippen LogP contribution is -1.95. The molecule has 5 nitrogen and oxygen atoms in total. The summed E-state index contributed by atoms with van der Waals surface area (Å²) in [5, 5.41) is 3.48. The lowest BCUT2D eigenvalue weighted by molar-refractivity contribution is 1.18. The van der Waals surface area contributed by atoms with Crippen LogP contribution >= 0.6 is 0 Å². The van der Waals surface area contributed by atoms with Gasteiger partial charge < -0.3 is 4.57 Å². The van der Waals surface area contributed by atoms with Crippen LogP contribution in [-0.4, -0.2) is 24.5 Å². The number of hydrogen-bond donors (Lipinski definition) is 0. The van der Waals surface area contributed by atoms with Crippen molar-refractivity contribution in [2.24, 2.45) is 0 Å². The van der Waals surface area contributed by atoms with Crippen molar-refractivity contribution in [1.82, 2.24) is 24.5 Å². The second-order valence-corrected chi connectivity index (χ2v) is 13.1. The minimum absolute atomic E-state index is 0.812. The van der Waals surface area contributed by atoms with E-state index in [1.807, 2.05) is 36.4 Å². The maximum atomic E-state index is 5.31. The highest BCUT2D eigenvalue weighted by Crippen LogP contribution is 2.41. The molecule has 10 rings (SSSR count). The molecule has 0 bridgehead atoms. The van der Waals surface area contributed by atoms with Crippen LogP contribution in [0.5, 0.6) is 0 Å². The summed E-state index contributed by atoms with van der Waals surface area (Å²) in [7, 11) is 0. The zero-order valence-electron chi connectivity index (χ0n) is 28.6. The Morgan fingerprint density at radius 2 is 0.906 bits per heavy atom. The Kier molecular flexibility index (Phi) is 7.40. The van der Waals surface area contributed by atoms with E-state index in [1.165, 1.54) is 16.4 Å². The minimum atomic E-state index is 0.812. The van der Waals surface area contributed by atoms with Crippen molar-refractivity contribution in [3.63, 3.8) is 0 Å². The first-order chi connectivity index (χ1) is 26.3. The summed E-state index contributed by atoms with van der Waals surface area (Å²) in [6.07, 6.45) is 3.59. The van der Waals surface area contributed by atoms with Gasteiger partial charge in [0.15, 0.2) is 0 Å². The van der Waals surface area contributed by atoms with Gasteiger partial charge >= 0.3 is 0 Å². The smallest absolute Gasteiger partial charge is 0.0900 e. The molecule has 0 aliphatic heterocycles. The average Bonchev–Trinajstić information content (AvgIpc) is 3.60. The number of para-hydroxylation sites is 3. The Balaban J connectivity index is 1.05. The Labute approximate surface area is 306 Å². The average molecular weight is 678 g/mol. The van der Waals surface area contributed by atoms with Crippen molar-refractivity contribution in [1.29, 1.82) is 0 Å². The number of benzene rings is 5. The Bertz CT molecular complexity index is 2840. The molecule has 5 aromatic carbocycles. The Hall–Kier alpha value is -7.24. The molecule has 0 unspecified atom stereocenters. The van der Waals surface area contributed by atoms with E-state index in [1.54, 1.807) is 12.4 Å². The highest BCUT2D eigenvalue weighted by Gasteiger charge is 2.20. The molecule has 0 saturated heterocycles. The van der Waals surface area contributed by atoms with Crippen LogP contribution in [0.25, 0.3) is 94.7 Å². The molecule has 248 valence electrons. The first-order valence-electron chi connectivity index (χ1n) is 17.7. The van der Waals surface area contributed by atoms with Crippen molar-refractivity contribution in [3.05, 3.63) is 188 Å². The van der Waals surface area contributed by atoms with Crippen LogP contribution in [0.15, 0.2) is 188 Å². The molecule has 5 aromatic heterocycles. The van der Waals surface area contributed by atoms with Gasteiger partial charge in [0.1, 0.15) is 0 Å². The van der Waals surface area contributed by atoms with Crippen molar-refractivity contribution in [2.75, 3.05) is 0 Å². The summed E-state index contributed by atoms with van der Waals surface area (Å²) in [6, 6.07) is 61.3. The molecule has 0 N–H and O–H groups in total. The summed E-state index contributed by atoms with van der Waals surface area (Å²) >= 11 is 0. The van der Waals surface area contributed by atoms with E-state index in [4.69, 9.17) is 9.97 Å². The van der Waals surface area contributed by atoms with E-state index in [0.29, 0.717) is 0 Å². The van der Waals surface area contributed by atoms with Crippen molar-refractivity contribution < 1.29 is 0 Å². The fraction of sp³-hybridized carbons (Fsp3) is 0. The third-order valence-electron chi connectivity index (χ3n) is 9.91. The third-order valence-corrected chi connectivity index (χ3v) is 9.91. The van der Waals surface area contributed by atoms with E-state index in [0.717, 1.165) is 78.3 Å². The van der Waals surface area contributed by atoms with Crippen LogP contribution in [-0.2, 0) is 0 Å². The third kappa shape index (κ3) is 5.43. The Morgan fingerprint density at radius 3 is 1.53 bits per heavy atom. The van der Waals surface area contributed by atoms with Crippen molar-refractivity contribution >= 4 is 32.7 Å². The fourth-order valence-electron chi connectivity index (χ4n) is 7.40. The van der Waals surface area contributed by atoms with E-state index < -0.39 is 0 Å². The molecule has 5 heteroatoms. The molecule has 5 heterocycles. The van der Waals surface area contributed by atoms with E-state index >= 15 is 0 Å². The number of fused-ring (bicyclic) bond motifs is 5. The maximum absolute atomic E-state index is 5.31. The first-order valence-corrected chi connectivity index (χ1v) is 17.7. The monoisotopic (exact) mass is 677 g/mol. The van der Waals surface area contributed by atoms with Crippen LogP contribution in [0, 0.1) is 0 Å². The number of rotatable bonds is 6. The van der Waals surface area contributed by atoms with Gasteiger partial charge in [0.25, 0.3) is 0 Å². The zero-order chi connectivity index (χ0) is 35.1. The summed E-state index contributed by atoms with van der Waals surface area (Å²) in [6.45, 7) is 0. The molecular formula is C48H31N5. The van der Waals surface area contributed by atoms with Crippen LogP contribution in [0.1, 0.15) is 0 Å². The van der Waals surface area contributed by atoms with E-state index in [9.17, 15) is 0 Å². The molecule has 0 aliphatic rings. The molecule has 0 fully saturated rings. The predicted octanol–water partition coefficient (Wildman–Crippen LogP) is 11.9. The maximum Gasteiger partial charge on any atom is 0.0900 e. The molecule has 0 aliphatic carbocycles. The van der Waals surface area contributed by atoms with Crippen LogP contribution in [0.2, 0.25) is 0 Å². The van der Waals surface area contributed by atoms with Crippen LogP contribution in [0.4, 0.5) is 0 Å². The second-order valence-electron chi connectivity index (χ2n) is 13.1. The van der Waals surface area contributed by atoms with Gasteiger partial charge in [0, 0.05) is 39.8 Å². The van der Waals surface area contributed by atoms with Gasteiger partial charge in [-0.25, -0.2) is 9.97 Å². The van der Waals surface area contributed by atoms with Gasteiger partial charge in [-0.2, -0.15) is 0 Å². The summed E-state index contributed by atoms with van der Waals surface area (Å²) < 4.78 is 2.38.